The average Bonchev–Trinajstić information content (AvgIpc) is 2.68. The molecule has 2 rings (SSSR count). The third kappa shape index (κ3) is 2.60. The summed E-state index contributed by atoms with van der Waals surface area (Å²) in [5.74, 6) is 0.375. The van der Waals surface area contributed by atoms with E-state index in [1.54, 1.807) is 18.5 Å². The molecule has 2 unspecified atom stereocenters. The lowest BCUT2D eigenvalue weighted by Gasteiger charge is -2.09. The fourth-order valence-electron chi connectivity index (χ4n) is 2.19. The first-order valence-electron chi connectivity index (χ1n) is 5.53. The van der Waals surface area contributed by atoms with E-state index in [-0.39, 0.29) is 17.7 Å². The minimum atomic E-state index is 0.124. The molecule has 3 nitrogen and oxygen atoms in total. The van der Waals surface area contributed by atoms with E-state index >= 15 is 0 Å². The number of halogens is 1. The Hall–Kier alpha value is -0.930. The fourth-order valence-corrected chi connectivity index (χ4v) is 2.37. The third-order valence-electron chi connectivity index (χ3n) is 3.15. The van der Waals surface area contributed by atoms with Gasteiger partial charge in [-0.1, -0.05) is 11.6 Å². The van der Waals surface area contributed by atoms with Gasteiger partial charge in [0.2, 0.25) is 0 Å². The van der Waals surface area contributed by atoms with Gasteiger partial charge in [0.1, 0.15) is 5.78 Å². The molecule has 2 N–H and O–H groups in total. The van der Waals surface area contributed by atoms with Crippen LogP contribution in [0.1, 0.15) is 24.8 Å². The maximum atomic E-state index is 12.0. The van der Waals surface area contributed by atoms with Crippen LogP contribution >= 0.6 is 11.6 Å². The number of ketones is 1. The van der Waals surface area contributed by atoms with Crippen LogP contribution in [-0.4, -0.2) is 16.8 Å². The molecule has 16 heavy (non-hydrogen) atoms. The van der Waals surface area contributed by atoms with E-state index in [4.69, 9.17) is 17.3 Å². The summed E-state index contributed by atoms with van der Waals surface area (Å²) >= 11 is 5.96. The molecule has 1 aromatic rings. The van der Waals surface area contributed by atoms with Crippen molar-refractivity contribution < 1.29 is 4.79 Å². The van der Waals surface area contributed by atoms with Crippen molar-refractivity contribution in [3.63, 3.8) is 0 Å². The Bertz CT molecular complexity index is 394. The normalized spacial score (nSPS) is 24.6. The minimum Gasteiger partial charge on any atom is -0.328 e. The second-order valence-corrected chi connectivity index (χ2v) is 4.79. The molecular weight excluding hydrogens is 224 g/mol. The highest BCUT2D eigenvalue weighted by Crippen LogP contribution is 2.27. The van der Waals surface area contributed by atoms with Gasteiger partial charge in [-0.05, 0) is 30.9 Å². The van der Waals surface area contributed by atoms with Gasteiger partial charge < -0.3 is 5.73 Å². The zero-order valence-corrected chi connectivity index (χ0v) is 9.78. The molecule has 1 heterocycles. The second-order valence-electron chi connectivity index (χ2n) is 4.38. The topological polar surface area (TPSA) is 56.0 Å². The van der Waals surface area contributed by atoms with Crippen LogP contribution in [0.2, 0.25) is 5.02 Å². The van der Waals surface area contributed by atoms with Gasteiger partial charge in [-0.3, -0.25) is 9.78 Å². The van der Waals surface area contributed by atoms with E-state index in [2.05, 4.69) is 4.98 Å². The van der Waals surface area contributed by atoms with Crippen LogP contribution in [0.3, 0.4) is 0 Å². The van der Waals surface area contributed by atoms with Crippen molar-refractivity contribution in [1.29, 1.82) is 0 Å². The molecule has 1 aliphatic carbocycles. The number of aromatic nitrogens is 1. The molecule has 1 fully saturated rings. The van der Waals surface area contributed by atoms with Crippen LogP contribution < -0.4 is 5.73 Å². The molecule has 1 aromatic heterocycles. The predicted molar refractivity (Wildman–Crippen MR) is 63.3 cm³/mol. The van der Waals surface area contributed by atoms with E-state index in [1.165, 1.54) is 0 Å². The van der Waals surface area contributed by atoms with Crippen LogP contribution in [0.4, 0.5) is 0 Å². The molecule has 0 aromatic carbocycles. The van der Waals surface area contributed by atoms with Crippen LogP contribution in [0.25, 0.3) is 0 Å². The van der Waals surface area contributed by atoms with Gasteiger partial charge in [-0.15, -0.1) is 0 Å². The summed E-state index contributed by atoms with van der Waals surface area (Å²) in [4.78, 5) is 15.9. The highest BCUT2D eigenvalue weighted by molar-refractivity contribution is 6.31. The average molecular weight is 239 g/mol. The third-order valence-corrected chi connectivity index (χ3v) is 3.49. The van der Waals surface area contributed by atoms with Gasteiger partial charge in [0.15, 0.2) is 0 Å². The number of Topliss-reactive ketones (excluding diaryl/α,β-unsaturated/α-hetero) is 1. The van der Waals surface area contributed by atoms with E-state index in [0.717, 1.165) is 24.8 Å². The second kappa shape index (κ2) is 4.93. The van der Waals surface area contributed by atoms with Crippen molar-refractivity contribution in [2.45, 2.75) is 31.7 Å². The molecule has 0 radical (unpaired) electrons. The quantitative estimate of drug-likeness (QED) is 0.876. The number of nitrogens with zero attached hydrogens (tertiary/aromatic N) is 1. The Balaban J connectivity index is 2.00. The van der Waals surface area contributed by atoms with Gasteiger partial charge in [0, 0.05) is 30.8 Å². The summed E-state index contributed by atoms with van der Waals surface area (Å²) in [5, 5.41) is 0.568. The standard InChI is InChI=1S/C12H15ClN2O/c13-11-7-15-4-3-8(11)6-12(16)9-1-2-10(14)5-9/h3-4,7,9-10H,1-2,5-6,14H2. The minimum absolute atomic E-state index is 0.124. The molecule has 4 heteroatoms. The summed E-state index contributed by atoms with van der Waals surface area (Å²) in [6, 6.07) is 2.00. The van der Waals surface area contributed by atoms with Gasteiger partial charge in [0.25, 0.3) is 0 Å². The number of carbonyl (C=O) groups is 1. The van der Waals surface area contributed by atoms with Gasteiger partial charge in [-0.2, -0.15) is 0 Å². The molecule has 0 saturated heterocycles. The lowest BCUT2D eigenvalue weighted by atomic mass is 9.97. The zero-order valence-electron chi connectivity index (χ0n) is 9.03. The maximum Gasteiger partial charge on any atom is 0.140 e. The number of nitrogens with two attached hydrogens (primary N) is 1. The molecule has 2 atom stereocenters. The molecule has 0 bridgehead atoms. The predicted octanol–water partition coefficient (Wildman–Crippen LogP) is 1.97. The van der Waals surface area contributed by atoms with Crippen LogP contribution in [-0.2, 0) is 11.2 Å². The lowest BCUT2D eigenvalue weighted by molar-refractivity contribution is -0.122. The summed E-state index contributed by atoms with van der Waals surface area (Å²) < 4.78 is 0. The molecule has 1 saturated carbocycles. The molecule has 0 aliphatic heterocycles. The van der Waals surface area contributed by atoms with Crippen molar-refractivity contribution >= 4 is 17.4 Å². The van der Waals surface area contributed by atoms with Crippen molar-refractivity contribution in [3.05, 3.63) is 29.0 Å². The monoisotopic (exact) mass is 238 g/mol. The number of rotatable bonds is 3. The summed E-state index contributed by atoms with van der Waals surface area (Å²) in [6.07, 6.45) is 6.34. The number of hydrogen-bond acceptors (Lipinski definition) is 3. The summed E-state index contributed by atoms with van der Waals surface area (Å²) in [7, 11) is 0. The van der Waals surface area contributed by atoms with Crippen molar-refractivity contribution in [2.75, 3.05) is 0 Å². The van der Waals surface area contributed by atoms with Crippen LogP contribution in [0, 0.1) is 5.92 Å². The van der Waals surface area contributed by atoms with E-state index in [1.807, 2.05) is 0 Å². The Labute approximate surface area is 100 Å². The Kier molecular flexibility index (Phi) is 3.56. The Morgan fingerprint density at radius 2 is 2.38 bits per heavy atom. The van der Waals surface area contributed by atoms with Crippen LogP contribution in [0.5, 0.6) is 0 Å². The van der Waals surface area contributed by atoms with Gasteiger partial charge >= 0.3 is 0 Å². The van der Waals surface area contributed by atoms with Crippen molar-refractivity contribution in [2.24, 2.45) is 11.7 Å². The Morgan fingerprint density at radius 1 is 1.56 bits per heavy atom. The smallest absolute Gasteiger partial charge is 0.140 e. The maximum absolute atomic E-state index is 12.0. The van der Waals surface area contributed by atoms with E-state index in [0.29, 0.717) is 11.4 Å². The molecule has 86 valence electrons. The lowest BCUT2D eigenvalue weighted by Crippen LogP contribution is -2.19. The summed E-state index contributed by atoms with van der Waals surface area (Å²) in [6.45, 7) is 0. The zero-order chi connectivity index (χ0) is 11.5. The van der Waals surface area contributed by atoms with Crippen molar-refractivity contribution in [3.8, 4) is 0 Å². The highest BCUT2D eigenvalue weighted by atomic mass is 35.5. The Morgan fingerprint density at radius 3 is 3.00 bits per heavy atom. The number of hydrogen-bond donors (Lipinski definition) is 1. The number of pyridine rings is 1. The molecule has 0 amide bonds. The van der Waals surface area contributed by atoms with Gasteiger partial charge in [-0.25, -0.2) is 0 Å². The van der Waals surface area contributed by atoms with Crippen LogP contribution in [0.15, 0.2) is 18.5 Å². The van der Waals surface area contributed by atoms with Gasteiger partial charge in [0.05, 0.1) is 5.02 Å². The largest absolute Gasteiger partial charge is 0.328 e. The molecule has 0 spiro atoms. The molecule has 1 aliphatic rings. The van der Waals surface area contributed by atoms with E-state index in [9.17, 15) is 4.79 Å². The fraction of sp³-hybridized carbons (Fsp3) is 0.500. The first kappa shape index (κ1) is 11.6. The van der Waals surface area contributed by atoms with Crippen molar-refractivity contribution in [1.82, 2.24) is 4.98 Å². The SMILES string of the molecule is NC1CCC(C(=O)Cc2ccncc2Cl)C1. The highest BCUT2D eigenvalue weighted by Gasteiger charge is 2.27. The first-order chi connectivity index (χ1) is 7.66. The summed E-state index contributed by atoms with van der Waals surface area (Å²) in [5.41, 5.74) is 6.66. The number of carbonyl (C=O) groups excluding carboxylic acids is 1. The van der Waals surface area contributed by atoms with E-state index < -0.39 is 0 Å². The first-order valence-corrected chi connectivity index (χ1v) is 5.91. The molecular formula is C12H15ClN2O.